The predicted molar refractivity (Wildman–Crippen MR) is 124 cm³/mol. The number of rotatable bonds is 12. The number of carboxylic acid groups (broad SMARTS) is 1. The Labute approximate surface area is 184 Å². The maximum Gasteiger partial charge on any atom is 0.320 e. The zero-order valence-electron chi connectivity index (χ0n) is 18.2. The van der Waals surface area contributed by atoms with Gasteiger partial charge in [0, 0.05) is 34.8 Å². The van der Waals surface area contributed by atoms with Gasteiger partial charge in [-0.25, -0.2) is 0 Å². The molecule has 2 atom stereocenters. The third-order valence-electron chi connectivity index (χ3n) is 5.75. The Morgan fingerprint density at radius 3 is 2.86 bits per heavy atom. The van der Waals surface area contributed by atoms with Gasteiger partial charge in [-0.15, -0.1) is 11.8 Å². The minimum atomic E-state index is -0.796. The first kappa shape index (κ1) is 24.4. The molecule has 0 spiro atoms. The average molecular weight is 441 g/mol. The van der Waals surface area contributed by atoms with Crippen LogP contribution in [-0.2, 0) is 17.9 Å². The van der Waals surface area contributed by atoms with Gasteiger partial charge in [-0.3, -0.25) is 4.79 Å². The van der Waals surface area contributed by atoms with Crippen LogP contribution in [0.25, 0.3) is 0 Å². The van der Waals surface area contributed by atoms with E-state index in [2.05, 4.69) is 36.6 Å². The van der Waals surface area contributed by atoms with Crippen LogP contribution >= 0.6 is 23.5 Å². The van der Waals surface area contributed by atoms with Gasteiger partial charge in [0.15, 0.2) is 0 Å². The molecule has 29 heavy (non-hydrogen) atoms. The molecule has 2 rings (SSSR count). The van der Waals surface area contributed by atoms with Gasteiger partial charge in [-0.05, 0) is 49.0 Å². The van der Waals surface area contributed by atoms with Crippen LogP contribution in [0.3, 0.4) is 0 Å². The van der Waals surface area contributed by atoms with Crippen LogP contribution in [0.4, 0.5) is 0 Å². The van der Waals surface area contributed by atoms with Crippen molar-refractivity contribution in [3.63, 3.8) is 0 Å². The molecule has 5 nitrogen and oxygen atoms in total. The second-order valence-corrected chi connectivity index (χ2v) is 9.71. The van der Waals surface area contributed by atoms with Crippen molar-refractivity contribution in [1.29, 1.82) is 0 Å². The van der Waals surface area contributed by atoms with Crippen LogP contribution in [0.2, 0.25) is 0 Å². The molecule has 164 valence electrons. The van der Waals surface area contributed by atoms with Crippen LogP contribution in [0, 0.1) is 0 Å². The molecule has 1 aliphatic rings. The summed E-state index contributed by atoms with van der Waals surface area (Å²) in [7, 11) is 1.68. The van der Waals surface area contributed by atoms with Gasteiger partial charge in [-0.1, -0.05) is 26.7 Å². The predicted octanol–water partition coefficient (Wildman–Crippen LogP) is 4.53. The summed E-state index contributed by atoms with van der Waals surface area (Å²) in [5.41, 5.74) is 2.46. The number of carboxylic acids is 1. The van der Waals surface area contributed by atoms with Gasteiger partial charge in [0.1, 0.15) is 11.8 Å². The first-order valence-electron chi connectivity index (χ1n) is 10.5. The Kier molecular flexibility index (Phi) is 10.2. The molecule has 1 heterocycles. The van der Waals surface area contributed by atoms with Gasteiger partial charge in [0.25, 0.3) is 0 Å². The Balaban J connectivity index is 2.16. The highest BCUT2D eigenvalue weighted by Gasteiger charge is 2.30. The maximum atomic E-state index is 11.5. The number of carbonyl (C=O) groups is 1. The second-order valence-electron chi connectivity index (χ2n) is 7.70. The van der Waals surface area contributed by atoms with Crippen molar-refractivity contribution >= 4 is 29.5 Å². The van der Waals surface area contributed by atoms with Gasteiger partial charge in [0.2, 0.25) is 0 Å². The van der Waals surface area contributed by atoms with E-state index < -0.39 is 12.0 Å². The molecular formula is C22H36N2O3S2. The third-order valence-corrected chi connectivity index (χ3v) is 7.79. The summed E-state index contributed by atoms with van der Waals surface area (Å²) in [5.74, 6) is 1.91. The van der Waals surface area contributed by atoms with E-state index in [4.69, 9.17) is 4.74 Å². The number of hydrogen-bond donors (Lipinski definition) is 3. The van der Waals surface area contributed by atoms with E-state index in [1.165, 1.54) is 29.7 Å². The lowest BCUT2D eigenvalue weighted by atomic mass is 9.91. The lowest BCUT2D eigenvalue weighted by Crippen LogP contribution is -2.45. The fourth-order valence-corrected chi connectivity index (χ4v) is 5.55. The fourth-order valence-electron chi connectivity index (χ4n) is 3.66. The van der Waals surface area contributed by atoms with E-state index in [-0.39, 0.29) is 5.54 Å². The number of benzene rings is 1. The highest BCUT2D eigenvalue weighted by Crippen LogP contribution is 2.37. The average Bonchev–Trinajstić information content (AvgIpc) is 2.91. The monoisotopic (exact) mass is 440 g/mol. The summed E-state index contributed by atoms with van der Waals surface area (Å²) in [6.07, 6.45) is 7.38. The van der Waals surface area contributed by atoms with E-state index >= 15 is 0 Å². The van der Waals surface area contributed by atoms with Gasteiger partial charge in [0.05, 0.1) is 7.11 Å². The van der Waals surface area contributed by atoms with Crippen molar-refractivity contribution in [3.05, 3.63) is 23.3 Å². The Morgan fingerprint density at radius 1 is 1.45 bits per heavy atom. The number of methoxy groups -OCH3 is 1. The van der Waals surface area contributed by atoms with Gasteiger partial charge in [-0.2, -0.15) is 11.8 Å². The van der Waals surface area contributed by atoms with Crippen LogP contribution in [-0.4, -0.2) is 47.5 Å². The number of unbranched alkanes of at least 4 members (excludes halogenated alkanes) is 1. The van der Waals surface area contributed by atoms with Crippen LogP contribution in [0.15, 0.2) is 17.0 Å². The van der Waals surface area contributed by atoms with Crippen LogP contribution < -0.4 is 15.4 Å². The summed E-state index contributed by atoms with van der Waals surface area (Å²) >= 11 is 3.58. The summed E-state index contributed by atoms with van der Waals surface area (Å²) < 4.78 is 5.64. The molecule has 1 unspecified atom stereocenters. The van der Waals surface area contributed by atoms with Crippen molar-refractivity contribution in [3.8, 4) is 5.75 Å². The zero-order valence-corrected chi connectivity index (χ0v) is 19.8. The lowest BCUT2D eigenvalue weighted by molar-refractivity contribution is -0.139. The zero-order chi connectivity index (χ0) is 21.3. The van der Waals surface area contributed by atoms with E-state index in [1.807, 2.05) is 18.0 Å². The molecule has 0 bridgehead atoms. The molecule has 0 aliphatic carbocycles. The summed E-state index contributed by atoms with van der Waals surface area (Å²) in [6.45, 7) is 5.85. The standard InChI is InChI=1S/C22H36N2O3S2/c1-5-7-9-22(6-2)15-29-20-12-16(19(27-3)11-17(20)14-24-22)13-23-18(21(25)26)8-10-28-4/h11-12,18,23-24H,5-10,13-15H2,1-4H3,(H,25,26)/t18?,22-/m1/s1. The van der Waals surface area contributed by atoms with Crippen molar-refractivity contribution in [1.82, 2.24) is 10.6 Å². The molecule has 0 saturated carbocycles. The maximum absolute atomic E-state index is 11.5. The molecule has 0 amide bonds. The Bertz CT molecular complexity index is 672. The van der Waals surface area contributed by atoms with E-state index in [0.29, 0.717) is 13.0 Å². The van der Waals surface area contributed by atoms with Crippen LogP contribution in [0.5, 0.6) is 5.75 Å². The molecular weight excluding hydrogens is 404 g/mol. The summed E-state index contributed by atoms with van der Waals surface area (Å²) in [6, 6.07) is 3.77. The Hall–Kier alpha value is -0.890. The van der Waals surface area contributed by atoms with Crippen LogP contribution in [0.1, 0.15) is 57.1 Å². The number of thioether (sulfide) groups is 2. The molecule has 1 aromatic carbocycles. The largest absolute Gasteiger partial charge is 0.496 e. The molecule has 0 radical (unpaired) electrons. The summed E-state index contributed by atoms with van der Waals surface area (Å²) in [5, 5.41) is 16.5. The minimum Gasteiger partial charge on any atom is -0.496 e. The number of hydrogen-bond acceptors (Lipinski definition) is 6. The molecule has 1 aromatic rings. The lowest BCUT2D eigenvalue weighted by Gasteiger charge is -2.32. The number of fused-ring (bicyclic) bond motifs is 1. The Morgan fingerprint density at radius 2 is 2.24 bits per heavy atom. The van der Waals surface area contributed by atoms with Gasteiger partial charge < -0.3 is 20.5 Å². The normalized spacial score (nSPS) is 20.0. The van der Waals surface area contributed by atoms with E-state index in [9.17, 15) is 9.90 Å². The van der Waals surface area contributed by atoms with Crippen molar-refractivity contribution in [2.24, 2.45) is 0 Å². The highest BCUT2D eigenvalue weighted by molar-refractivity contribution is 7.99. The SMILES string of the molecule is CCCC[C@]1(CC)CSc2cc(CNC(CCSC)C(=O)O)c(OC)cc2CN1. The van der Waals surface area contributed by atoms with E-state index in [0.717, 1.165) is 35.8 Å². The minimum absolute atomic E-state index is 0.178. The van der Waals surface area contributed by atoms with Crippen molar-refractivity contribution in [2.75, 3.05) is 24.9 Å². The van der Waals surface area contributed by atoms with Crippen molar-refractivity contribution < 1.29 is 14.6 Å². The third kappa shape index (κ3) is 6.81. The molecule has 0 saturated heterocycles. The second kappa shape index (κ2) is 12.1. The molecule has 7 heteroatoms. The van der Waals surface area contributed by atoms with Gasteiger partial charge >= 0.3 is 5.97 Å². The van der Waals surface area contributed by atoms with Crippen molar-refractivity contribution in [2.45, 2.75) is 75.5 Å². The fraction of sp³-hybridized carbons (Fsp3) is 0.682. The number of aliphatic carboxylic acids is 1. The number of ether oxygens (including phenoxy) is 1. The number of nitrogens with one attached hydrogen (secondary N) is 2. The summed E-state index contributed by atoms with van der Waals surface area (Å²) in [4.78, 5) is 12.8. The molecule has 0 fully saturated rings. The quantitative estimate of drug-likeness (QED) is 0.441. The first-order chi connectivity index (χ1) is 14.0. The topological polar surface area (TPSA) is 70.6 Å². The van der Waals surface area contributed by atoms with E-state index in [1.54, 1.807) is 18.9 Å². The first-order valence-corrected chi connectivity index (χ1v) is 12.9. The molecule has 3 N–H and O–H groups in total. The highest BCUT2D eigenvalue weighted by atomic mass is 32.2. The molecule has 0 aromatic heterocycles. The molecule has 1 aliphatic heterocycles. The smallest absolute Gasteiger partial charge is 0.320 e.